The maximum Gasteiger partial charge on any atom is 0.133 e. The lowest BCUT2D eigenvalue weighted by atomic mass is 9.96. The van der Waals surface area contributed by atoms with Gasteiger partial charge in [0, 0.05) is 24.4 Å². The Kier molecular flexibility index (Phi) is 2.21. The van der Waals surface area contributed by atoms with Crippen LogP contribution in [0.2, 0.25) is 0 Å². The molecule has 1 unspecified atom stereocenters. The smallest absolute Gasteiger partial charge is 0.133 e. The van der Waals surface area contributed by atoms with Crippen LogP contribution in [0.4, 0.5) is 0 Å². The number of carbonyl (C=O) groups excluding carboxylic acids is 1. The van der Waals surface area contributed by atoms with Crippen molar-refractivity contribution in [3.8, 4) is 0 Å². The Labute approximate surface area is 94.3 Å². The first-order valence-corrected chi connectivity index (χ1v) is 5.69. The molecule has 2 heteroatoms. The van der Waals surface area contributed by atoms with Crippen LogP contribution in [-0.4, -0.2) is 10.8 Å². The largest absolute Gasteiger partial charge is 0.300 e. The number of hydrogen-bond acceptors (Lipinski definition) is 2. The summed E-state index contributed by atoms with van der Waals surface area (Å²) in [5.74, 6) is 0.827. The van der Waals surface area contributed by atoms with Crippen molar-refractivity contribution in [1.82, 2.24) is 4.98 Å². The summed E-state index contributed by atoms with van der Waals surface area (Å²) in [6.07, 6.45) is 4.27. The Morgan fingerprint density at radius 1 is 1.25 bits per heavy atom. The molecule has 0 aliphatic heterocycles. The van der Waals surface area contributed by atoms with Gasteiger partial charge in [0.25, 0.3) is 0 Å². The van der Waals surface area contributed by atoms with Gasteiger partial charge in [-0.25, -0.2) is 0 Å². The minimum absolute atomic E-state index is 0.399. The first-order valence-electron chi connectivity index (χ1n) is 5.69. The zero-order valence-electron chi connectivity index (χ0n) is 9.02. The Hall–Kier alpha value is -1.70. The van der Waals surface area contributed by atoms with Gasteiger partial charge in [0.2, 0.25) is 0 Å². The van der Waals surface area contributed by atoms with E-state index in [0.717, 1.165) is 18.4 Å². The molecule has 1 aliphatic carbocycles. The summed E-state index contributed by atoms with van der Waals surface area (Å²) in [7, 11) is 0. The fourth-order valence-electron chi connectivity index (χ4n) is 2.45. The van der Waals surface area contributed by atoms with Crippen LogP contribution < -0.4 is 0 Å². The minimum atomic E-state index is 0.399. The molecule has 2 aromatic rings. The van der Waals surface area contributed by atoms with E-state index in [1.54, 1.807) is 6.20 Å². The lowest BCUT2D eigenvalue weighted by Crippen LogP contribution is -1.94. The topological polar surface area (TPSA) is 30.0 Å². The second-order valence-electron chi connectivity index (χ2n) is 4.43. The zero-order chi connectivity index (χ0) is 11.0. The van der Waals surface area contributed by atoms with Crippen molar-refractivity contribution < 1.29 is 4.79 Å². The van der Waals surface area contributed by atoms with E-state index in [2.05, 4.69) is 23.2 Å². The molecule has 0 radical (unpaired) electrons. The van der Waals surface area contributed by atoms with E-state index in [0.29, 0.717) is 18.1 Å². The van der Waals surface area contributed by atoms with Gasteiger partial charge in [-0.2, -0.15) is 0 Å². The molecule has 1 aromatic heterocycles. The summed E-state index contributed by atoms with van der Waals surface area (Å²) in [6.45, 7) is 0. The van der Waals surface area contributed by atoms with E-state index in [1.807, 2.05) is 12.1 Å². The second kappa shape index (κ2) is 3.71. The highest BCUT2D eigenvalue weighted by atomic mass is 16.1. The van der Waals surface area contributed by atoms with E-state index >= 15 is 0 Å². The number of benzene rings is 1. The predicted molar refractivity (Wildman–Crippen MR) is 63.3 cm³/mol. The van der Waals surface area contributed by atoms with Crippen molar-refractivity contribution >= 4 is 16.7 Å². The Morgan fingerprint density at radius 2 is 2.19 bits per heavy atom. The van der Waals surface area contributed by atoms with Gasteiger partial charge in [-0.1, -0.05) is 12.1 Å². The number of aromatic nitrogens is 1. The summed E-state index contributed by atoms with van der Waals surface area (Å²) in [5, 5.41) is 1.17. The quantitative estimate of drug-likeness (QED) is 0.725. The van der Waals surface area contributed by atoms with Gasteiger partial charge in [-0.05, 0) is 36.1 Å². The molecular formula is C14H13NO. The number of carbonyl (C=O) groups is 1. The highest BCUT2D eigenvalue weighted by Gasteiger charge is 2.23. The van der Waals surface area contributed by atoms with Gasteiger partial charge in [0.15, 0.2) is 0 Å². The zero-order valence-corrected chi connectivity index (χ0v) is 9.02. The number of nitrogens with zero attached hydrogens (tertiary/aromatic N) is 1. The molecule has 1 heterocycles. The summed E-state index contributed by atoms with van der Waals surface area (Å²) in [6, 6.07) is 10.4. The monoisotopic (exact) mass is 211 g/mol. The van der Waals surface area contributed by atoms with Gasteiger partial charge < -0.3 is 0 Å². The van der Waals surface area contributed by atoms with Gasteiger partial charge in [0.1, 0.15) is 5.78 Å². The molecular weight excluding hydrogens is 198 g/mol. The minimum Gasteiger partial charge on any atom is -0.300 e. The van der Waals surface area contributed by atoms with E-state index < -0.39 is 0 Å². The van der Waals surface area contributed by atoms with Crippen molar-refractivity contribution in [1.29, 1.82) is 0 Å². The number of ketones is 1. The molecule has 80 valence electrons. The van der Waals surface area contributed by atoms with Crippen molar-refractivity contribution in [3.05, 3.63) is 42.1 Å². The number of rotatable bonds is 1. The third-order valence-corrected chi connectivity index (χ3v) is 3.34. The third kappa shape index (κ3) is 1.60. The highest BCUT2D eigenvalue weighted by Crippen LogP contribution is 2.33. The fourth-order valence-corrected chi connectivity index (χ4v) is 2.45. The van der Waals surface area contributed by atoms with Crippen LogP contribution in [0, 0.1) is 0 Å². The van der Waals surface area contributed by atoms with E-state index in [-0.39, 0.29) is 0 Å². The first kappa shape index (κ1) is 9.52. The maximum absolute atomic E-state index is 11.3. The average Bonchev–Trinajstić information content (AvgIpc) is 2.75. The van der Waals surface area contributed by atoms with E-state index in [4.69, 9.17) is 0 Å². The Balaban J connectivity index is 2.02. The molecule has 1 aromatic carbocycles. The van der Waals surface area contributed by atoms with Crippen molar-refractivity contribution in [3.63, 3.8) is 0 Å². The first-order chi connectivity index (χ1) is 7.83. The van der Waals surface area contributed by atoms with Gasteiger partial charge in [-0.15, -0.1) is 0 Å². The predicted octanol–water partition coefficient (Wildman–Crippen LogP) is 3.07. The number of hydrogen-bond donors (Lipinski definition) is 0. The number of fused-ring (bicyclic) bond motifs is 1. The molecule has 2 nitrogen and oxygen atoms in total. The van der Waals surface area contributed by atoms with Crippen molar-refractivity contribution in [2.45, 2.75) is 25.2 Å². The van der Waals surface area contributed by atoms with Crippen LogP contribution in [-0.2, 0) is 4.79 Å². The van der Waals surface area contributed by atoms with Crippen molar-refractivity contribution in [2.24, 2.45) is 0 Å². The summed E-state index contributed by atoms with van der Waals surface area (Å²) < 4.78 is 0. The average molecular weight is 211 g/mol. The molecule has 0 bridgehead atoms. The molecule has 1 aliphatic rings. The van der Waals surface area contributed by atoms with Crippen LogP contribution in [0.15, 0.2) is 36.5 Å². The van der Waals surface area contributed by atoms with Crippen LogP contribution in [0.3, 0.4) is 0 Å². The summed E-state index contributed by atoms with van der Waals surface area (Å²) in [5.41, 5.74) is 2.31. The Bertz CT molecular complexity index is 547. The van der Waals surface area contributed by atoms with Crippen molar-refractivity contribution in [2.75, 3.05) is 0 Å². The molecule has 3 rings (SSSR count). The molecule has 1 fully saturated rings. The molecule has 0 N–H and O–H groups in total. The molecule has 0 saturated heterocycles. The molecule has 1 atom stereocenters. The normalized spacial score (nSPS) is 20.5. The Morgan fingerprint density at radius 3 is 3.00 bits per heavy atom. The maximum atomic E-state index is 11.3. The molecule has 16 heavy (non-hydrogen) atoms. The van der Waals surface area contributed by atoms with Crippen LogP contribution in [0.5, 0.6) is 0 Å². The number of Topliss-reactive ketones (excluding diaryl/α,β-unsaturated/α-hetero) is 1. The highest BCUT2D eigenvalue weighted by molar-refractivity contribution is 5.83. The van der Waals surface area contributed by atoms with Crippen LogP contribution in [0.1, 0.15) is 30.7 Å². The fraction of sp³-hybridized carbons (Fsp3) is 0.286. The molecule has 0 spiro atoms. The summed E-state index contributed by atoms with van der Waals surface area (Å²) >= 11 is 0. The van der Waals surface area contributed by atoms with Crippen LogP contribution >= 0.6 is 0 Å². The van der Waals surface area contributed by atoms with Crippen LogP contribution in [0.25, 0.3) is 10.9 Å². The second-order valence-corrected chi connectivity index (χ2v) is 4.43. The van der Waals surface area contributed by atoms with Gasteiger partial charge in [0.05, 0.1) is 5.52 Å². The third-order valence-electron chi connectivity index (χ3n) is 3.34. The number of pyridine rings is 1. The standard InChI is InChI=1S/C14H13NO/c16-13-5-3-11(9-13)10-4-6-14-12(8-10)2-1-7-15-14/h1-2,4,6-8,11H,3,5,9H2. The molecule has 0 amide bonds. The van der Waals surface area contributed by atoms with Gasteiger partial charge >= 0.3 is 0 Å². The lowest BCUT2D eigenvalue weighted by molar-refractivity contribution is -0.117. The summed E-state index contributed by atoms with van der Waals surface area (Å²) in [4.78, 5) is 15.6. The van der Waals surface area contributed by atoms with E-state index in [1.165, 1.54) is 10.9 Å². The lowest BCUT2D eigenvalue weighted by Gasteiger charge is -2.09. The SMILES string of the molecule is O=C1CCC(c2ccc3ncccc3c2)C1. The van der Waals surface area contributed by atoms with E-state index in [9.17, 15) is 4.79 Å². The van der Waals surface area contributed by atoms with Gasteiger partial charge in [-0.3, -0.25) is 9.78 Å². The molecule has 1 saturated carbocycles.